The maximum atomic E-state index is 12.4. The van der Waals surface area contributed by atoms with Crippen molar-refractivity contribution < 1.29 is 22.7 Å². The molecule has 0 radical (unpaired) electrons. The standard InChI is InChI=1S/C18H26N2O5S/c1-24-16-4-2-14(3-5-16)17(20-7-9-25-10-8-20)12-19-18(21)15-6-11-26(22,23)13-15/h2-5,15,17H,6-13H2,1H3,(H,19,21)/t15-,17-/m0/s1. The molecule has 1 aromatic rings. The van der Waals surface area contributed by atoms with E-state index in [0.29, 0.717) is 26.2 Å². The van der Waals surface area contributed by atoms with Crippen LogP contribution in [-0.4, -0.2) is 70.7 Å². The van der Waals surface area contributed by atoms with Crippen LogP contribution >= 0.6 is 0 Å². The number of hydrogen-bond donors (Lipinski definition) is 1. The van der Waals surface area contributed by atoms with E-state index in [-0.39, 0.29) is 23.5 Å². The van der Waals surface area contributed by atoms with Crippen molar-refractivity contribution in [2.24, 2.45) is 5.92 Å². The predicted molar refractivity (Wildman–Crippen MR) is 97.9 cm³/mol. The Labute approximate surface area is 154 Å². The lowest BCUT2D eigenvalue weighted by Gasteiger charge is -2.35. The predicted octanol–water partition coefficient (Wildman–Crippen LogP) is 0.619. The average Bonchev–Trinajstić information content (AvgIpc) is 3.03. The van der Waals surface area contributed by atoms with Gasteiger partial charge in [0.25, 0.3) is 0 Å². The number of sulfone groups is 1. The Kier molecular flexibility index (Phi) is 6.16. The van der Waals surface area contributed by atoms with Gasteiger partial charge in [-0.2, -0.15) is 0 Å². The highest BCUT2D eigenvalue weighted by molar-refractivity contribution is 7.91. The number of hydrogen-bond acceptors (Lipinski definition) is 6. The van der Waals surface area contributed by atoms with Crippen LogP contribution in [0.3, 0.4) is 0 Å². The zero-order valence-electron chi connectivity index (χ0n) is 15.0. The van der Waals surface area contributed by atoms with Gasteiger partial charge in [0.2, 0.25) is 5.91 Å². The summed E-state index contributed by atoms with van der Waals surface area (Å²) in [5.74, 6) is 0.258. The van der Waals surface area contributed by atoms with E-state index in [0.717, 1.165) is 24.4 Å². The minimum absolute atomic E-state index is 0.0202. The van der Waals surface area contributed by atoms with Crippen LogP contribution in [0.1, 0.15) is 18.0 Å². The number of ether oxygens (including phenoxy) is 2. The van der Waals surface area contributed by atoms with Crippen LogP contribution in [0.15, 0.2) is 24.3 Å². The van der Waals surface area contributed by atoms with Gasteiger partial charge in [-0.05, 0) is 24.1 Å². The van der Waals surface area contributed by atoms with Crippen LogP contribution in [0, 0.1) is 5.92 Å². The van der Waals surface area contributed by atoms with Gasteiger partial charge in [0.05, 0.1) is 43.8 Å². The number of rotatable bonds is 6. The molecule has 0 saturated carbocycles. The summed E-state index contributed by atoms with van der Waals surface area (Å²) in [6.07, 6.45) is 0.416. The molecule has 1 N–H and O–H groups in total. The minimum Gasteiger partial charge on any atom is -0.497 e. The van der Waals surface area contributed by atoms with Crippen LogP contribution < -0.4 is 10.1 Å². The highest BCUT2D eigenvalue weighted by atomic mass is 32.2. The number of amides is 1. The zero-order chi connectivity index (χ0) is 18.6. The number of carbonyl (C=O) groups is 1. The first-order chi connectivity index (χ1) is 12.5. The van der Waals surface area contributed by atoms with Gasteiger partial charge in [-0.25, -0.2) is 8.42 Å². The Hall–Kier alpha value is -1.64. The number of carbonyl (C=O) groups excluding carboxylic acids is 1. The Balaban J connectivity index is 1.67. The largest absolute Gasteiger partial charge is 0.497 e. The van der Waals surface area contributed by atoms with E-state index in [1.165, 1.54) is 0 Å². The molecule has 1 amide bonds. The molecule has 0 unspecified atom stereocenters. The molecule has 0 bridgehead atoms. The fourth-order valence-electron chi connectivity index (χ4n) is 3.52. The van der Waals surface area contributed by atoms with Crippen molar-refractivity contribution in [1.82, 2.24) is 10.2 Å². The normalized spacial score (nSPS) is 24.1. The van der Waals surface area contributed by atoms with E-state index in [1.54, 1.807) is 7.11 Å². The molecule has 0 spiro atoms. The summed E-state index contributed by atoms with van der Waals surface area (Å²) in [6.45, 7) is 3.37. The van der Waals surface area contributed by atoms with Crippen LogP contribution in [0.2, 0.25) is 0 Å². The Morgan fingerprint density at radius 1 is 1.31 bits per heavy atom. The van der Waals surface area contributed by atoms with Gasteiger partial charge in [0.15, 0.2) is 9.84 Å². The highest BCUT2D eigenvalue weighted by Gasteiger charge is 2.33. The second-order valence-corrected chi connectivity index (χ2v) is 9.01. The molecule has 7 nitrogen and oxygen atoms in total. The number of nitrogens with zero attached hydrogens (tertiary/aromatic N) is 1. The van der Waals surface area contributed by atoms with Crippen LogP contribution in [0.25, 0.3) is 0 Å². The van der Waals surface area contributed by atoms with Gasteiger partial charge in [-0.15, -0.1) is 0 Å². The van der Waals surface area contributed by atoms with Gasteiger partial charge in [-0.3, -0.25) is 9.69 Å². The highest BCUT2D eigenvalue weighted by Crippen LogP contribution is 2.24. The molecule has 26 heavy (non-hydrogen) atoms. The first kappa shape index (κ1) is 19.1. The summed E-state index contributed by atoms with van der Waals surface area (Å²) >= 11 is 0. The summed E-state index contributed by atoms with van der Waals surface area (Å²) in [4.78, 5) is 14.7. The molecule has 2 aliphatic heterocycles. The Bertz CT molecular complexity index is 714. The molecule has 144 valence electrons. The van der Waals surface area contributed by atoms with E-state index >= 15 is 0 Å². The molecule has 2 atom stereocenters. The van der Waals surface area contributed by atoms with Crippen LogP contribution in [0.5, 0.6) is 5.75 Å². The first-order valence-corrected chi connectivity index (χ1v) is 10.7. The van der Waals surface area contributed by atoms with Crippen molar-refractivity contribution in [3.05, 3.63) is 29.8 Å². The summed E-state index contributed by atoms with van der Waals surface area (Å²) in [7, 11) is -1.43. The Morgan fingerprint density at radius 3 is 2.58 bits per heavy atom. The maximum absolute atomic E-state index is 12.4. The molecule has 8 heteroatoms. The molecule has 2 heterocycles. The van der Waals surface area contributed by atoms with E-state index in [9.17, 15) is 13.2 Å². The van der Waals surface area contributed by atoms with Gasteiger partial charge < -0.3 is 14.8 Å². The summed E-state index contributed by atoms with van der Waals surface area (Å²) < 4.78 is 33.9. The second-order valence-electron chi connectivity index (χ2n) is 6.78. The van der Waals surface area contributed by atoms with Crippen molar-refractivity contribution in [2.45, 2.75) is 12.5 Å². The van der Waals surface area contributed by atoms with E-state index in [4.69, 9.17) is 9.47 Å². The minimum atomic E-state index is -3.06. The second kappa shape index (κ2) is 8.37. The Morgan fingerprint density at radius 2 is 2.00 bits per heavy atom. The molecular formula is C18H26N2O5S. The molecule has 0 aromatic heterocycles. The fraction of sp³-hybridized carbons (Fsp3) is 0.611. The van der Waals surface area contributed by atoms with E-state index in [2.05, 4.69) is 10.2 Å². The molecule has 2 fully saturated rings. The number of methoxy groups -OCH3 is 1. The quantitative estimate of drug-likeness (QED) is 0.776. The lowest BCUT2D eigenvalue weighted by Crippen LogP contribution is -2.44. The molecular weight excluding hydrogens is 356 g/mol. The van der Waals surface area contributed by atoms with Crippen LogP contribution in [0.4, 0.5) is 0 Å². The number of nitrogens with one attached hydrogen (secondary N) is 1. The fourth-order valence-corrected chi connectivity index (χ4v) is 5.26. The topological polar surface area (TPSA) is 84.9 Å². The molecule has 1 aromatic carbocycles. The van der Waals surface area contributed by atoms with Crippen molar-refractivity contribution in [3.63, 3.8) is 0 Å². The van der Waals surface area contributed by atoms with Gasteiger partial charge >= 0.3 is 0 Å². The molecule has 0 aliphatic carbocycles. The van der Waals surface area contributed by atoms with Crippen molar-refractivity contribution in [1.29, 1.82) is 0 Å². The third kappa shape index (κ3) is 4.75. The van der Waals surface area contributed by atoms with Gasteiger partial charge in [-0.1, -0.05) is 12.1 Å². The smallest absolute Gasteiger partial charge is 0.224 e. The molecule has 2 aliphatic rings. The monoisotopic (exact) mass is 382 g/mol. The first-order valence-electron chi connectivity index (χ1n) is 8.92. The summed E-state index contributed by atoms with van der Waals surface area (Å²) in [5, 5.41) is 2.97. The lowest BCUT2D eigenvalue weighted by atomic mass is 10.0. The average molecular weight is 382 g/mol. The molecule has 2 saturated heterocycles. The van der Waals surface area contributed by atoms with E-state index < -0.39 is 15.8 Å². The number of benzene rings is 1. The zero-order valence-corrected chi connectivity index (χ0v) is 15.8. The maximum Gasteiger partial charge on any atom is 0.224 e. The van der Waals surface area contributed by atoms with Gasteiger partial charge in [0, 0.05) is 19.6 Å². The molecule has 3 rings (SSSR count). The van der Waals surface area contributed by atoms with Crippen molar-refractivity contribution in [2.75, 3.05) is 51.5 Å². The van der Waals surface area contributed by atoms with Gasteiger partial charge in [0.1, 0.15) is 5.75 Å². The van der Waals surface area contributed by atoms with Crippen molar-refractivity contribution >= 4 is 15.7 Å². The summed E-state index contributed by atoms with van der Waals surface area (Å²) in [5.41, 5.74) is 1.09. The summed E-state index contributed by atoms with van der Waals surface area (Å²) in [6, 6.07) is 7.85. The van der Waals surface area contributed by atoms with Crippen LogP contribution in [-0.2, 0) is 19.4 Å². The number of morpholine rings is 1. The SMILES string of the molecule is COc1ccc([C@H](CNC(=O)[C@H]2CCS(=O)(=O)C2)N2CCOCC2)cc1. The van der Waals surface area contributed by atoms with Crippen molar-refractivity contribution in [3.8, 4) is 5.75 Å². The third-order valence-corrected chi connectivity index (χ3v) is 6.83. The lowest BCUT2D eigenvalue weighted by molar-refractivity contribution is -0.124. The van der Waals surface area contributed by atoms with E-state index in [1.807, 2.05) is 24.3 Å². The third-order valence-electron chi connectivity index (χ3n) is 5.06.